The molecule has 18 heavy (non-hydrogen) atoms. The first-order chi connectivity index (χ1) is 8.67. The Balaban J connectivity index is 2.29. The summed E-state index contributed by atoms with van der Waals surface area (Å²) in [5.41, 5.74) is 8.02. The summed E-state index contributed by atoms with van der Waals surface area (Å²) < 4.78 is 0. The highest BCUT2D eigenvalue weighted by Crippen LogP contribution is 2.24. The molecule has 2 N–H and O–H groups in total. The van der Waals surface area contributed by atoms with Gasteiger partial charge < -0.3 is 10.6 Å². The molecule has 1 heterocycles. The third kappa shape index (κ3) is 2.40. The van der Waals surface area contributed by atoms with Crippen LogP contribution >= 0.6 is 0 Å². The molecule has 1 saturated heterocycles. The summed E-state index contributed by atoms with van der Waals surface area (Å²) in [7, 11) is 1.96. The standard InChI is InChI=1S/C14H21N3O/c1-3-11-6-4-5-7-13(11)17-9-12(8-15)16(2)10-14(17)18/h4-7,12H,3,8-10,15H2,1-2H3. The normalized spacial score (nSPS) is 21.4. The number of para-hydroxylation sites is 1. The van der Waals surface area contributed by atoms with Crippen LogP contribution in [0.5, 0.6) is 0 Å². The molecule has 1 atom stereocenters. The van der Waals surface area contributed by atoms with Gasteiger partial charge in [0, 0.05) is 24.8 Å². The van der Waals surface area contributed by atoms with Gasteiger partial charge in [-0.25, -0.2) is 0 Å². The molecule has 2 rings (SSSR count). The number of piperazine rings is 1. The van der Waals surface area contributed by atoms with E-state index in [2.05, 4.69) is 13.0 Å². The quantitative estimate of drug-likeness (QED) is 0.861. The molecule has 4 nitrogen and oxygen atoms in total. The van der Waals surface area contributed by atoms with E-state index in [9.17, 15) is 4.79 Å². The first-order valence-electron chi connectivity index (χ1n) is 6.46. The minimum absolute atomic E-state index is 0.156. The minimum Gasteiger partial charge on any atom is -0.329 e. The summed E-state index contributed by atoms with van der Waals surface area (Å²) in [6.45, 7) is 3.82. The van der Waals surface area contributed by atoms with Crippen LogP contribution in [0.15, 0.2) is 24.3 Å². The molecule has 1 aliphatic heterocycles. The van der Waals surface area contributed by atoms with Crippen LogP contribution in [0.3, 0.4) is 0 Å². The smallest absolute Gasteiger partial charge is 0.241 e. The molecule has 1 aromatic carbocycles. The van der Waals surface area contributed by atoms with Crippen molar-refractivity contribution in [3.8, 4) is 0 Å². The third-order valence-electron chi connectivity index (χ3n) is 3.64. The van der Waals surface area contributed by atoms with Gasteiger partial charge in [-0.15, -0.1) is 0 Å². The first kappa shape index (κ1) is 13.1. The second-order valence-corrected chi connectivity index (χ2v) is 4.79. The SMILES string of the molecule is CCc1ccccc1N1CC(CN)N(C)CC1=O. The minimum atomic E-state index is 0.156. The van der Waals surface area contributed by atoms with Gasteiger partial charge in [0.1, 0.15) is 0 Å². The number of rotatable bonds is 3. The number of nitrogens with two attached hydrogens (primary N) is 1. The summed E-state index contributed by atoms with van der Waals surface area (Å²) in [6.07, 6.45) is 0.934. The van der Waals surface area contributed by atoms with Gasteiger partial charge in [-0.1, -0.05) is 25.1 Å². The van der Waals surface area contributed by atoms with E-state index in [0.717, 1.165) is 12.1 Å². The van der Waals surface area contributed by atoms with Gasteiger partial charge in [-0.2, -0.15) is 0 Å². The van der Waals surface area contributed by atoms with E-state index in [0.29, 0.717) is 19.6 Å². The number of hydrogen-bond acceptors (Lipinski definition) is 3. The predicted octanol–water partition coefficient (Wildman–Crippen LogP) is 0.855. The maximum absolute atomic E-state index is 12.2. The van der Waals surface area contributed by atoms with Crippen molar-refractivity contribution < 1.29 is 4.79 Å². The highest BCUT2D eigenvalue weighted by molar-refractivity contribution is 5.96. The molecule has 0 aromatic heterocycles. The number of nitrogens with zero attached hydrogens (tertiary/aromatic N) is 2. The molecule has 0 saturated carbocycles. The van der Waals surface area contributed by atoms with Crippen molar-refractivity contribution in [3.63, 3.8) is 0 Å². The van der Waals surface area contributed by atoms with E-state index < -0.39 is 0 Å². The number of carbonyl (C=O) groups is 1. The van der Waals surface area contributed by atoms with Crippen LogP contribution in [0.1, 0.15) is 12.5 Å². The van der Waals surface area contributed by atoms with Gasteiger partial charge in [0.2, 0.25) is 5.91 Å². The molecule has 1 aliphatic rings. The summed E-state index contributed by atoms with van der Waals surface area (Å²) in [5, 5.41) is 0. The lowest BCUT2D eigenvalue weighted by Crippen LogP contribution is -2.57. The Morgan fingerprint density at radius 2 is 2.11 bits per heavy atom. The monoisotopic (exact) mass is 247 g/mol. The summed E-state index contributed by atoms with van der Waals surface area (Å²) in [4.78, 5) is 16.1. The summed E-state index contributed by atoms with van der Waals surface area (Å²) >= 11 is 0. The number of benzene rings is 1. The van der Waals surface area contributed by atoms with Gasteiger partial charge in [0.15, 0.2) is 0 Å². The van der Waals surface area contributed by atoms with E-state index >= 15 is 0 Å². The van der Waals surface area contributed by atoms with Crippen LogP contribution in [0, 0.1) is 0 Å². The first-order valence-corrected chi connectivity index (χ1v) is 6.46. The summed E-state index contributed by atoms with van der Waals surface area (Å²) in [6, 6.07) is 8.35. The Bertz CT molecular complexity index is 433. The zero-order chi connectivity index (χ0) is 13.1. The molecular weight excluding hydrogens is 226 g/mol. The molecule has 0 aliphatic carbocycles. The average molecular weight is 247 g/mol. The lowest BCUT2D eigenvalue weighted by molar-refractivity contribution is -0.121. The van der Waals surface area contributed by atoms with E-state index in [1.807, 2.05) is 35.0 Å². The van der Waals surface area contributed by atoms with Crippen LogP contribution < -0.4 is 10.6 Å². The molecule has 1 aromatic rings. The van der Waals surface area contributed by atoms with E-state index in [4.69, 9.17) is 5.73 Å². The van der Waals surface area contributed by atoms with Crippen molar-refractivity contribution in [1.29, 1.82) is 0 Å². The second kappa shape index (κ2) is 5.50. The second-order valence-electron chi connectivity index (χ2n) is 4.79. The summed E-state index contributed by atoms with van der Waals surface area (Å²) in [5.74, 6) is 0.156. The molecule has 1 amide bonds. The van der Waals surface area contributed by atoms with E-state index in [-0.39, 0.29) is 11.9 Å². The Morgan fingerprint density at radius 3 is 2.78 bits per heavy atom. The van der Waals surface area contributed by atoms with Crippen LogP contribution in [-0.2, 0) is 11.2 Å². The fourth-order valence-electron chi connectivity index (χ4n) is 2.44. The molecule has 0 radical (unpaired) electrons. The number of hydrogen-bond donors (Lipinski definition) is 1. The average Bonchev–Trinajstić information content (AvgIpc) is 2.39. The van der Waals surface area contributed by atoms with Crippen LogP contribution in [0.2, 0.25) is 0 Å². The fraction of sp³-hybridized carbons (Fsp3) is 0.500. The van der Waals surface area contributed by atoms with Crippen molar-refractivity contribution in [2.75, 3.05) is 31.6 Å². The van der Waals surface area contributed by atoms with Crippen molar-refractivity contribution in [2.24, 2.45) is 5.73 Å². The number of amides is 1. The number of anilines is 1. The fourth-order valence-corrected chi connectivity index (χ4v) is 2.44. The van der Waals surface area contributed by atoms with Gasteiger partial charge in [0.05, 0.1) is 6.54 Å². The molecule has 1 unspecified atom stereocenters. The van der Waals surface area contributed by atoms with Crippen molar-refractivity contribution in [3.05, 3.63) is 29.8 Å². The van der Waals surface area contributed by atoms with Crippen LogP contribution in [-0.4, -0.2) is 43.5 Å². The largest absolute Gasteiger partial charge is 0.329 e. The molecule has 0 spiro atoms. The lowest BCUT2D eigenvalue weighted by Gasteiger charge is -2.39. The molecule has 0 bridgehead atoms. The van der Waals surface area contributed by atoms with Gasteiger partial charge in [-0.05, 0) is 25.1 Å². The van der Waals surface area contributed by atoms with E-state index in [1.165, 1.54) is 5.56 Å². The Kier molecular flexibility index (Phi) is 3.99. The zero-order valence-corrected chi connectivity index (χ0v) is 11.1. The molecular formula is C14H21N3O. The van der Waals surface area contributed by atoms with Crippen LogP contribution in [0.4, 0.5) is 5.69 Å². The number of aryl methyl sites for hydroxylation is 1. The van der Waals surface area contributed by atoms with Crippen molar-refractivity contribution in [2.45, 2.75) is 19.4 Å². The Hall–Kier alpha value is -1.39. The lowest BCUT2D eigenvalue weighted by atomic mass is 10.1. The highest BCUT2D eigenvalue weighted by Gasteiger charge is 2.30. The molecule has 1 fully saturated rings. The predicted molar refractivity (Wildman–Crippen MR) is 73.6 cm³/mol. The maximum atomic E-state index is 12.2. The Labute approximate surface area is 108 Å². The van der Waals surface area contributed by atoms with Gasteiger partial charge in [0.25, 0.3) is 0 Å². The van der Waals surface area contributed by atoms with Crippen molar-refractivity contribution >= 4 is 11.6 Å². The third-order valence-corrected chi connectivity index (χ3v) is 3.64. The number of carbonyl (C=O) groups excluding carboxylic acids is 1. The van der Waals surface area contributed by atoms with Crippen LogP contribution in [0.25, 0.3) is 0 Å². The van der Waals surface area contributed by atoms with Gasteiger partial charge >= 0.3 is 0 Å². The molecule has 4 heteroatoms. The highest BCUT2D eigenvalue weighted by atomic mass is 16.2. The van der Waals surface area contributed by atoms with E-state index in [1.54, 1.807) is 0 Å². The molecule has 98 valence electrons. The maximum Gasteiger partial charge on any atom is 0.241 e. The van der Waals surface area contributed by atoms with Crippen molar-refractivity contribution in [1.82, 2.24) is 4.90 Å². The van der Waals surface area contributed by atoms with Gasteiger partial charge in [-0.3, -0.25) is 9.69 Å². The number of likely N-dealkylation sites (N-methyl/N-ethyl adjacent to an activating group) is 1. The zero-order valence-electron chi connectivity index (χ0n) is 11.1. The topological polar surface area (TPSA) is 49.6 Å². The Morgan fingerprint density at radius 1 is 1.39 bits per heavy atom.